The van der Waals surface area contributed by atoms with Gasteiger partial charge in [-0.3, -0.25) is 0 Å². The number of hydrogen-bond donors (Lipinski definition) is 0. The maximum Gasteiger partial charge on any atom is 0.336 e. The Bertz CT molecular complexity index is 963. The lowest BCUT2D eigenvalue weighted by Crippen LogP contribution is -2.35. The Morgan fingerprint density at radius 2 is 1.48 bits per heavy atom. The minimum absolute atomic E-state index is 0.243. The van der Waals surface area contributed by atoms with E-state index in [9.17, 15) is 9.59 Å². The Morgan fingerprint density at radius 3 is 1.90 bits per heavy atom. The number of methoxy groups -OCH3 is 1. The molecule has 0 fully saturated rings. The quantitative estimate of drug-likeness (QED) is 0.561. The van der Waals surface area contributed by atoms with E-state index in [2.05, 4.69) is 0 Å². The van der Waals surface area contributed by atoms with E-state index in [-0.39, 0.29) is 13.2 Å². The lowest BCUT2D eigenvalue weighted by molar-refractivity contribution is -0.139. The summed E-state index contributed by atoms with van der Waals surface area (Å²) in [6.07, 6.45) is 0. The van der Waals surface area contributed by atoms with Crippen LogP contribution in [-0.4, -0.2) is 32.3 Å². The van der Waals surface area contributed by atoms with Crippen LogP contribution < -0.4 is 9.64 Å². The minimum Gasteiger partial charge on any atom is -0.497 e. The molecule has 0 N–H and O–H groups in total. The van der Waals surface area contributed by atoms with E-state index >= 15 is 0 Å². The highest BCUT2D eigenvalue weighted by Crippen LogP contribution is 2.45. The van der Waals surface area contributed by atoms with Gasteiger partial charge in [-0.05, 0) is 63.4 Å². The number of esters is 2. The van der Waals surface area contributed by atoms with Gasteiger partial charge in [0.15, 0.2) is 0 Å². The van der Waals surface area contributed by atoms with Crippen molar-refractivity contribution in [2.24, 2.45) is 0 Å². The van der Waals surface area contributed by atoms with Gasteiger partial charge in [0.05, 0.1) is 37.4 Å². The maximum absolute atomic E-state index is 13.1. The first-order valence-corrected chi connectivity index (χ1v) is 11.1. The third-order valence-corrected chi connectivity index (χ3v) is 6.11. The van der Waals surface area contributed by atoms with Crippen LogP contribution in [0.4, 0.5) is 5.69 Å². The second-order valence-corrected chi connectivity index (χ2v) is 7.90. The average Bonchev–Trinajstić information content (AvgIpc) is 3.28. The van der Waals surface area contributed by atoms with Gasteiger partial charge in [-0.1, -0.05) is 6.07 Å². The second kappa shape index (κ2) is 9.83. The molecule has 1 aliphatic rings. The van der Waals surface area contributed by atoms with Crippen LogP contribution in [0.25, 0.3) is 0 Å². The lowest BCUT2D eigenvalue weighted by Gasteiger charge is -2.37. The molecule has 0 unspecified atom stereocenters. The van der Waals surface area contributed by atoms with Crippen LogP contribution in [0.3, 0.4) is 0 Å². The van der Waals surface area contributed by atoms with Gasteiger partial charge >= 0.3 is 11.9 Å². The number of nitrogens with zero attached hydrogens (tertiary/aromatic N) is 1. The van der Waals surface area contributed by atoms with Crippen LogP contribution in [0.5, 0.6) is 5.75 Å². The van der Waals surface area contributed by atoms with Gasteiger partial charge in [0, 0.05) is 22.0 Å². The van der Waals surface area contributed by atoms with Gasteiger partial charge < -0.3 is 19.1 Å². The zero-order chi connectivity index (χ0) is 22.5. The molecule has 1 aromatic carbocycles. The first-order valence-electron chi connectivity index (χ1n) is 10.2. The number of allylic oxidation sites excluding steroid dienone is 2. The summed E-state index contributed by atoms with van der Waals surface area (Å²) < 4.78 is 16.1. The number of anilines is 1. The van der Waals surface area contributed by atoms with Crippen LogP contribution in [0.1, 0.15) is 38.5 Å². The predicted molar refractivity (Wildman–Crippen MR) is 121 cm³/mol. The topological polar surface area (TPSA) is 65.1 Å². The first kappa shape index (κ1) is 22.6. The molecule has 0 atom stereocenters. The summed E-state index contributed by atoms with van der Waals surface area (Å²) in [4.78, 5) is 29.0. The summed E-state index contributed by atoms with van der Waals surface area (Å²) in [5, 5.41) is 1.93. The highest BCUT2D eigenvalue weighted by Gasteiger charge is 2.41. The monoisotopic (exact) mass is 441 g/mol. The van der Waals surface area contributed by atoms with Gasteiger partial charge in [-0.2, -0.15) is 0 Å². The molecule has 164 valence electrons. The second-order valence-electron chi connectivity index (χ2n) is 6.92. The van der Waals surface area contributed by atoms with Gasteiger partial charge in [0.2, 0.25) is 0 Å². The molecule has 1 aliphatic heterocycles. The van der Waals surface area contributed by atoms with E-state index < -0.39 is 17.9 Å². The van der Waals surface area contributed by atoms with Crippen molar-refractivity contribution in [2.75, 3.05) is 25.2 Å². The molecule has 2 aromatic rings. The van der Waals surface area contributed by atoms with Crippen molar-refractivity contribution in [3.8, 4) is 5.75 Å². The van der Waals surface area contributed by atoms with E-state index in [1.165, 1.54) is 11.3 Å². The molecule has 2 heterocycles. The zero-order valence-corrected chi connectivity index (χ0v) is 19.2. The van der Waals surface area contributed by atoms with E-state index in [1.54, 1.807) is 21.0 Å². The summed E-state index contributed by atoms with van der Waals surface area (Å²) in [5.74, 6) is -0.707. The Hall–Kier alpha value is -3.06. The number of thiophene rings is 1. The summed E-state index contributed by atoms with van der Waals surface area (Å²) in [6.45, 7) is 7.78. The molecular formula is C24H27NO5S. The van der Waals surface area contributed by atoms with Crippen LogP contribution >= 0.6 is 11.3 Å². The maximum atomic E-state index is 13.1. The van der Waals surface area contributed by atoms with E-state index in [0.29, 0.717) is 22.5 Å². The summed E-state index contributed by atoms with van der Waals surface area (Å²) in [5.41, 5.74) is 3.12. The largest absolute Gasteiger partial charge is 0.497 e. The number of hydrogen-bond acceptors (Lipinski definition) is 7. The minimum atomic E-state index is -0.549. The molecule has 1 aromatic heterocycles. The first-order chi connectivity index (χ1) is 14.9. The SMILES string of the molecule is CCOC(=O)C1=C(C)N(c2ccc(OC)cc2)C(C)=C(C(=O)OCC)C1c1cccs1. The summed E-state index contributed by atoms with van der Waals surface area (Å²) in [7, 11) is 1.61. The van der Waals surface area contributed by atoms with Crippen molar-refractivity contribution in [2.45, 2.75) is 33.6 Å². The fraction of sp³-hybridized carbons (Fsp3) is 0.333. The van der Waals surface area contributed by atoms with Crippen LogP contribution in [0, 0.1) is 0 Å². The van der Waals surface area contributed by atoms with Crippen molar-refractivity contribution in [1.29, 1.82) is 0 Å². The smallest absolute Gasteiger partial charge is 0.336 e. The fourth-order valence-corrected chi connectivity index (χ4v) is 4.71. The van der Waals surface area contributed by atoms with Crippen molar-refractivity contribution in [3.05, 3.63) is 69.2 Å². The molecule has 0 aliphatic carbocycles. The number of ether oxygens (including phenoxy) is 3. The van der Waals surface area contributed by atoms with Crippen molar-refractivity contribution in [3.63, 3.8) is 0 Å². The molecule has 31 heavy (non-hydrogen) atoms. The molecule has 0 bridgehead atoms. The van der Waals surface area contributed by atoms with Crippen LogP contribution in [0.2, 0.25) is 0 Å². The predicted octanol–water partition coefficient (Wildman–Crippen LogP) is 5.03. The molecule has 0 saturated carbocycles. The Balaban J connectivity index is 2.26. The number of carbonyl (C=O) groups is 2. The van der Waals surface area contributed by atoms with E-state index in [0.717, 1.165) is 16.3 Å². The standard InChI is InChI=1S/C24H27NO5S/c1-6-29-23(26)20-15(3)25(17-10-12-18(28-5)13-11-17)16(4)21(24(27)30-7-2)22(20)19-9-8-14-31-19/h8-14,22H,6-7H2,1-5H3. The highest BCUT2D eigenvalue weighted by atomic mass is 32.1. The lowest BCUT2D eigenvalue weighted by atomic mass is 9.83. The van der Waals surface area contributed by atoms with Gasteiger partial charge in [0.25, 0.3) is 0 Å². The van der Waals surface area contributed by atoms with Gasteiger partial charge in [-0.15, -0.1) is 11.3 Å². The van der Waals surface area contributed by atoms with Crippen LogP contribution in [0.15, 0.2) is 64.3 Å². The summed E-state index contributed by atoms with van der Waals surface area (Å²) in [6, 6.07) is 11.3. The Kier molecular flexibility index (Phi) is 7.17. The molecule has 0 amide bonds. The normalized spacial score (nSPS) is 14.7. The summed E-state index contributed by atoms with van der Waals surface area (Å²) >= 11 is 1.50. The Labute approximate surface area is 186 Å². The molecule has 0 saturated heterocycles. The van der Waals surface area contributed by atoms with E-state index in [1.807, 2.05) is 60.5 Å². The van der Waals surface area contributed by atoms with Crippen LogP contribution in [-0.2, 0) is 19.1 Å². The zero-order valence-electron chi connectivity index (χ0n) is 18.4. The molecule has 7 heteroatoms. The number of rotatable bonds is 7. The van der Waals surface area contributed by atoms with Gasteiger partial charge in [-0.25, -0.2) is 9.59 Å². The molecular weight excluding hydrogens is 414 g/mol. The van der Waals surface area contributed by atoms with Crippen molar-refractivity contribution < 1.29 is 23.8 Å². The molecule has 6 nitrogen and oxygen atoms in total. The number of carbonyl (C=O) groups excluding carboxylic acids is 2. The highest BCUT2D eigenvalue weighted by molar-refractivity contribution is 7.10. The van der Waals surface area contributed by atoms with Gasteiger partial charge in [0.1, 0.15) is 5.75 Å². The van der Waals surface area contributed by atoms with Crippen molar-refractivity contribution in [1.82, 2.24) is 0 Å². The Morgan fingerprint density at radius 1 is 0.935 bits per heavy atom. The number of benzene rings is 1. The third kappa shape index (κ3) is 4.37. The third-order valence-electron chi connectivity index (χ3n) is 5.18. The molecule has 0 radical (unpaired) electrons. The molecule has 0 spiro atoms. The average molecular weight is 442 g/mol. The van der Waals surface area contributed by atoms with E-state index in [4.69, 9.17) is 14.2 Å². The molecule has 3 rings (SSSR count). The fourth-order valence-electron chi connectivity index (χ4n) is 3.86. The van der Waals surface area contributed by atoms with Crippen molar-refractivity contribution >= 4 is 29.0 Å².